The van der Waals surface area contributed by atoms with E-state index in [4.69, 9.17) is 4.74 Å². The van der Waals surface area contributed by atoms with Crippen LogP contribution < -0.4 is 5.32 Å². The van der Waals surface area contributed by atoms with Gasteiger partial charge in [-0.15, -0.1) is 0 Å². The van der Waals surface area contributed by atoms with Crippen LogP contribution in [0.15, 0.2) is 0 Å². The van der Waals surface area contributed by atoms with Gasteiger partial charge in [0.05, 0.1) is 19.0 Å². The van der Waals surface area contributed by atoms with Gasteiger partial charge in [-0.05, 0) is 6.54 Å². The Labute approximate surface area is 80.6 Å². The Morgan fingerprint density at radius 3 is 2.46 bits per heavy atom. The lowest BCUT2D eigenvalue weighted by molar-refractivity contribution is 0.151. The Hall–Kier alpha value is -0.130. The zero-order valence-electron chi connectivity index (χ0n) is 8.38. The molecule has 0 atom stereocenters. The summed E-state index contributed by atoms with van der Waals surface area (Å²) in [6.45, 7) is 6.24. The van der Waals surface area contributed by atoms with E-state index in [1.165, 1.54) is 0 Å². The molecule has 0 aliphatic heterocycles. The predicted octanol–water partition coefficient (Wildman–Crippen LogP) is 0.0472. The normalized spacial score (nSPS) is 11.8. The van der Waals surface area contributed by atoms with E-state index in [1.54, 1.807) is 6.92 Å². The molecule has 0 fully saturated rings. The molecule has 80 valence electrons. The molecule has 0 heterocycles. The number of rotatable bonds is 8. The first kappa shape index (κ1) is 12.9. The fourth-order valence-electron chi connectivity index (χ4n) is 0.753. The van der Waals surface area contributed by atoms with Crippen LogP contribution in [0.5, 0.6) is 0 Å². The van der Waals surface area contributed by atoms with Crippen molar-refractivity contribution in [1.82, 2.24) is 5.32 Å². The maximum absolute atomic E-state index is 11.0. The van der Waals surface area contributed by atoms with Crippen LogP contribution in [0.25, 0.3) is 0 Å². The fraction of sp³-hybridized carbons (Fsp3) is 1.00. The third-order valence-electron chi connectivity index (χ3n) is 1.65. The van der Waals surface area contributed by atoms with Crippen LogP contribution in [0.4, 0.5) is 0 Å². The van der Waals surface area contributed by atoms with Gasteiger partial charge in [0.2, 0.25) is 0 Å². The molecule has 13 heavy (non-hydrogen) atoms. The lowest BCUT2D eigenvalue weighted by atomic mass is 10.6. The lowest BCUT2D eigenvalue weighted by Gasteiger charge is -2.04. The Kier molecular flexibility index (Phi) is 7.22. The highest BCUT2D eigenvalue weighted by molar-refractivity contribution is 7.91. The molecule has 0 aromatic heterocycles. The molecule has 1 N–H and O–H groups in total. The van der Waals surface area contributed by atoms with E-state index >= 15 is 0 Å². The fourth-order valence-corrected chi connectivity index (χ4v) is 1.41. The summed E-state index contributed by atoms with van der Waals surface area (Å²) in [7, 11) is -2.86. The van der Waals surface area contributed by atoms with Crippen molar-refractivity contribution in [3.05, 3.63) is 0 Å². The first-order chi connectivity index (χ1) is 6.12. The molecule has 0 bridgehead atoms. The summed E-state index contributed by atoms with van der Waals surface area (Å²) in [4.78, 5) is 0. The SMILES string of the molecule is CCNCCOCCS(=O)(=O)CC. The average Bonchev–Trinajstić information content (AvgIpc) is 2.11. The molecular weight excluding hydrogens is 190 g/mol. The van der Waals surface area contributed by atoms with Gasteiger partial charge < -0.3 is 10.1 Å². The van der Waals surface area contributed by atoms with Gasteiger partial charge in [0.15, 0.2) is 9.84 Å². The van der Waals surface area contributed by atoms with Gasteiger partial charge in [0.1, 0.15) is 0 Å². The highest BCUT2D eigenvalue weighted by Gasteiger charge is 2.05. The molecule has 0 aliphatic rings. The highest BCUT2D eigenvalue weighted by Crippen LogP contribution is 1.89. The second-order valence-electron chi connectivity index (χ2n) is 2.70. The van der Waals surface area contributed by atoms with Crippen LogP contribution in [-0.2, 0) is 14.6 Å². The van der Waals surface area contributed by atoms with E-state index in [0.29, 0.717) is 13.2 Å². The zero-order chi connectivity index (χ0) is 10.2. The van der Waals surface area contributed by atoms with Crippen molar-refractivity contribution in [2.24, 2.45) is 0 Å². The van der Waals surface area contributed by atoms with E-state index in [-0.39, 0.29) is 11.5 Å². The largest absolute Gasteiger partial charge is 0.379 e. The minimum Gasteiger partial charge on any atom is -0.379 e. The lowest BCUT2D eigenvalue weighted by Crippen LogP contribution is -2.21. The van der Waals surface area contributed by atoms with Crippen LogP contribution in [0.3, 0.4) is 0 Å². The molecule has 0 unspecified atom stereocenters. The molecular formula is C8H19NO3S. The summed E-state index contributed by atoms with van der Waals surface area (Å²) in [5.74, 6) is 0.333. The van der Waals surface area contributed by atoms with Gasteiger partial charge in [-0.25, -0.2) is 8.42 Å². The third-order valence-corrected chi connectivity index (χ3v) is 3.32. The van der Waals surface area contributed by atoms with Crippen LogP contribution in [0.2, 0.25) is 0 Å². The molecule has 0 radical (unpaired) electrons. The van der Waals surface area contributed by atoms with Crippen LogP contribution >= 0.6 is 0 Å². The molecule has 0 rings (SSSR count). The van der Waals surface area contributed by atoms with Crippen molar-refractivity contribution < 1.29 is 13.2 Å². The topological polar surface area (TPSA) is 55.4 Å². The van der Waals surface area contributed by atoms with Crippen molar-refractivity contribution in [2.75, 3.05) is 37.8 Å². The average molecular weight is 209 g/mol. The minimum absolute atomic E-state index is 0.135. The Bertz CT molecular complexity index is 201. The summed E-state index contributed by atoms with van der Waals surface area (Å²) >= 11 is 0. The molecule has 0 aromatic rings. The quantitative estimate of drug-likeness (QED) is 0.574. The summed E-state index contributed by atoms with van der Waals surface area (Å²) < 4.78 is 27.1. The van der Waals surface area contributed by atoms with Gasteiger partial charge >= 0.3 is 0 Å². The Balaban J connectivity index is 3.26. The van der Waals surface area contributed by atoms with Crippen molar-refractivity contribution in [3.63, 3.8) is 0 Å². The van der Waals surface area contributed by atoms with Gasteiger partial charge in [-0.3, -0.25) is 0 Å². The van der Waals surface area contributed by atoms with Gasteiger partial charge in [0, 0.05) is 12.3 Å². The van der Waals surface area contributed by atoms with E-state index in [0.717, 1.165) is 13.1 Å². The highest BCUT2D eigenvalue weighted by atomic mass is 32.2. The zero-order valence-corrected chi connectivity index (χ0v) is 9.19. The summed E-state index contributed by atoms with van der Waals surface area (Å²) in [6, 6.07) is 0. The van der Waals surface area contributed by atoms with Crippen LogP contribution in [0.1, 0.15) is 13.8 Å². The van der Waals surface area contributed by atoms with E-state index in [9.17, 15) is 8.42 Å². The maximum atomic E-state index is 11.0. The summed E-state index contributed by atoms with van der Waals surface area (Å²) in [5.41, 5.74) is 0. The van der Waals surface area contributed by atoms with Crippen molar-refractivity contribution in [2.45, 2.75) is 13.8 Å². The second kappa shape index (κ2) is 7.29. The molecule has 0 spiro atoms. The first-order valence-corrected chi connectivity index (χ1v) is 6.43. The van der Waals surface area contributed by atoms with Crippen LogP contribution in [0, 0.1) is 0 Å². The number of hydrogen-bond acceptors (Lipinski definition) is 4. The van der Waals surface area contributed by atoms with E-state index < -0.39 is 9.84 Å². The van der Waals surface area contributed by atoms with Crippen LogP contribution in [-0.4, -0.2) is 46.2 Å². The molecule has 5 heteroatoms. The van der Waals surface area contributed by atoms with Crippen molar-refractivity contribution in [3.8, 4) is 0 Å². The third kappa shape index (κ3) is 8.21. The number of ether oxygens (including phenoxy) is 1. The number of nitrogens with one attached hydrogen (secondary N) is 1. The molecule has 0 amide bonds. The van der Waals surface area contributed by atoms with E-state index in [1.807, 2.05) is 6.92 Å². The second-order valence-corrected chi connectivity index (χ2v) is 5.18. The maximum Gasteiger partial charge on any atom is 0.152 e. The Morgan fingerprint density at radius 2 is 1.92 bits per heavy atom. The number of sulfone groups is 1. The predicted molar refractivity (Wildman–Crippen MR) is 53.7 cm³/mol. The van der Waals surface area contributed by atoms with Gasteiger partial charge in [-0.2, -0.15) is 0 Å². The smallest absolute Gasteiger partial charge is 0.152 e. The van der Waals surface area contributed by atoms with Gasteiger partial charge in [0.25, 0.3) is 0 Å². The first-order valence-electron chi connectivity index (χ1n) is 4.61. The Morgan fingerprint density at radius 1 is 1.23 bits per heavy atom. The number of likely N-dealkylation sites (N-methyl/N-ethyl adjacent to an activating group) is 1. The monoisotopic (exact) mass is 209 g/mol. The number of hydrogen-bond donors (Lipinski definition) is 1. The summed E-state index contributed by atoms with van der Waals surface area (Å²) in [5, 5.41) is 3.09. The van der Waals surface area contributed by atoms with Crippen molar-refractivity contribution in [1.29, 1.82) is 0 Å². The van der Waals surface area contributed by atoms with Crippen molar-refractivity contribution >= 4 is 9.84 Å². The molecule has 0 aliphatic carbocycles. The standard InChI is InChI=1S/C8H19NO3S/c1-3-9-5-6-12-7-8-13(10,11)4-2/h9H,3-8H2,1-2H3. The molecule has 4 nitrogen and oxygen atoms in total. The summed E-state index contributed by atoms with van der Waals surface area (Å²) in [6.07, 6.45) is 0. The van der Waals surface area contributed by atoms with Gasteiger partial charge in [-0.1, -0.05) is 13.8 Å². The van der Waals surface area contributed by atoms with E-state index in [2.05, 4.69) is 5.32 Å². The molecule has 0 aromatic carbocycles. The minimum atomic E-state index is -2.86. The molecule has 0 saturated carbocycles. The molecule has 0 saturated heterocycles.